The minimum atomic E-state index is -0.113. The molecule has 0 saturated carbocycles. The van der Waals surface area contributed by atoms with Crippen molar-refractivity contribution in [1.82, 2.24) is 0 Å². The molecule has 2 aromatic rings. The summed E-state index contributed by atoms with van der Waals surface area (Å²) in [7, 11) is 0. The Morgan fingerprint density at radius 3 is 2.56 bits per heavy atom. The lowest BCUT2D eigenvalue weighted by atomic mass is 9.87. The number of anilines is 2. The average Bonchev–Trinajstić information content (AvgIpc) is 2.86. The van der Waals surface area contributed by atoms with E-state index >= 15 is 0 Å². The number of amides is 1. The van der Waals surface area contributed by atoms with E-state index in [9.17, 15) is 4.79 Å². The van der Waals surface area contributed by atoms with Gasteiger partial charge in [-0.15, -0.1) is 0 Å². The molecule has 1 aliphatic heterocycles. The summed E-state index contributed by atoms with van der Waals surface area (Å²) in [4.78, 5) is 12.8. The van der Waals surface area contributed by atoms with Crippen molar-refractivity contribution in [2.75, 3.05) is 23.8 Å². The number of fused-ring (bicyclic) bond motifs is 1. The SMILES string of the molecule is CCOc1cc2c(cc1NC(=O)c1ccc(C(C)(C)C)cc1)CCCCN2. The highest BCUT2D eigenvalue weighted by Gasteiger charge is 2.17. The zero-order chi connectivity index (χ0) is 19.4. The summed E-state index contributed by atoms with van der Waals surface area (Å²) in [5, 5.41) is 6.51. The van der Waals surface area contributed by atoms with Crippen molar-refractivity contribution in [1.29, 1.82) is 0 Å². The summed E-state index contributed by atoms with van der Waals surface area (Å²) in [6.45, 7) is 9.99. The van der Waals surface area contributed by atoms with Gasteiger partial charge in [-0.2, -0.15) is 0 Å². The standard InChI is InChI=1S/C23H30N2O2/c1-5-27-21-15-19-17(8-6-7-13-24-19)14-20(21)25-22(26)16-9-11-18(12-10-16)23(2,3)4/h9-12,14-15,24H,5-8,13H2,1-4H3,(H,25,26). The highest BCUT2D eigenvalue weighted by atomic mass is 16.5. The second kappa shape index (κ2) is 8.03. The number of rotatable bonds is 4. The van der Waals surface area contributed by atoms with Gasteiger partial charge in [-0.05, 0) is 60.9 Å². The van der Waals surface area contributed by atoms with Gasteiger partial charge in [0.2, 0.25) is 0 Å². The number of aryl methyl sites for hydroxylation is 1. The van der Waals surface area contributed by atoms with Crippen molar-refractivity contribution >= 4 is 17.3 Å². The van der Waals surface area contributed by atoms with Crippen LogP contribution in [0.3, 0.4) is 0 Å². The molecule has 1 aliphatic rings. The number of hydrogen-bond donors (Lipinski definition) is 2. The Morgan fingerprint density at radius 2 is 1.89 bits per heavy atom. The zero-order valence-corrected chi connectivity index (χ0v) is 16.8. The molecule has 0 atom stereocenters. The number of hydrogen-bond acceptors (Lipinski definition) is 3. The van der Waals surface area contributed by atoms with Crippen LogP contribution in [-0.4, -0.2) is 19.1 Å². The van der Waals surface area contributed by atoms with Crippen LogP contribution in [0.5, 0.6) is 5.75 Å². The number of ether oxygens (including phenoxy) is 1. The first kappa shape index (κ1) is 19.3. The fourth-order valence-corrected chi connectivity index (χ4v) is 3.35. The number of benzene rings is 2. The molecule has 0 saturated heterocycles. The Balaban J connectivity index is 1.85. The van der Waals surface area contributed by atoms with Crippen LogP contribution in [0, 0.1) is 0 Å². The van der Waals surface area contributed by atoms with Crippen molar-refractivity contribution in [2.45, 2.75) is 52.4 Å². The highest BCUT2D eigenvalue weighted by Crippen LogP contribution is 2.34. The van der Waals surface area contributed by atoms with Crippen LogP contribution in [-0.2, 0) is 11.8 Å². The molecule has 1 amide bonds. The molecule has 4 nitrogen and oxygen atoms in total. The molecular formula is C23H30N2O2. The van der Waals surface area contributed by atoms with Crippen LogP contribution in [0.4, 0.5) is 11.4 Å². The van der Waals surface area contributed by atoms with Gasteiger partial charge < -0.3 is 15.4 Å². The van der Waals surface area contributed by atoms with Crippen LogP contribution < -0.4 is 15.4 Å². The largest absolute Gasteiger partial charge is 0.492 e. The fourth-order valence-electron chi connectivity index (χ4n) is 3.35. The maximum atomic E-state index is 12.8. The van der Waals surface area contributed by atoms with Gasteiger partial charge in [0.05, 0.1) is 12.3 Å². The average molecular weight is 367 g/mol. The number of carbonyl (C=O) groups excluding carboxylic acids is 1. The molecule has 0 unspecified atom stereocenters. The summed E-state index contributed by atoms with van der Waals surface area (Å²) >= 11 is 0. The Hall–Kier alpha value is -2.49. The predicted octanol–water partition coefficient (Wildman–Crippen LogP) is 5.38. The van der Waals surface area contributed by atoms with Gasteiger partial charge >= 0.3 is 0 Å². The molecule has 4 heteroatoms. The van der Waals surface area contributed by atoms with E-state index < -0.39 is 0 Å². The molecule has 0 fully saturated rings. The Morgan fingerprint density at radius 1 is 1.15 bits per heavy atom. The summed E-state index contributed by atoms with van der Waals surface area (Å²) in [5.74, 6) is 0.600. The lowest BCUT2D eigenvalue weighted by Crippen LogP contribution is -2.15. The van der Waals surface area contributed by atoms with Crippen LogP contribution in [0.1, 0.15) is 62.0 Å². The van der Waals surface area contributed by atoms with Crippen LogP contribution in [0.15, 0.2) is 36.4 Å². The molecule has 27 heavy (non-hydrogen) atoms. The third kappa shape index (κ3) is 4.62. The van der Waals surface area contributed by atoms with Gasteiger partial charge in [-0.3, -0.25) is 4.79 Å². The minimum absolute atomic E-state index is 0.0706. The van der Waals surface area contributed by atoms with Crippen molar-refractivity contribution < 1.29 is 9.53 Å². The second-order valence-corrected chi connectivity index (χ2v) is 8.10. The topological polar surface area (TPSA) is 50.4 Å². The van der Waals surface area contributed by atoms with E-state index in [2.05, 4.69) is 37.5 Å². The van der Waals surface area contributed by atoms with E-state index in [1.807, 2.05) is 37.3 Å². The van der Waals surface area contributed by atoms with Crippen molar-refractivity contribution in [3.05, 3.63) is 53.1 Å². The molecule has 3 rings (SSSR count). The second-order valence-electron chi connectivity index (χ2n) is 8.10. The third-order valence-corrected chi connectivity index (χ3v) is 4.95. The molecule has 0 radical (unpaired) electrons. The van der Waals surface area contributed by atoms with Crippen LogP contribution in [0.2, 0.25) is 0 Å². The number of nitrogens with one attached hydrogen (secondary N) is 2. The summed E-state index contributed by atoms with van der Waals surface area (Å²) in [5.41, 5.74) is 5.02. The monoisotopic (exact) mass is 366 g/mol. The molecule has 0 aromatic heterocycles. The Labute approximate surface area is 162 Å². The van der Waals surface area contributed by atoms with Gasteiger partial charge in [0.15, 0.2) is 0 Å². The van der Waals surface area contributed by atoms with Gasteiger partial charge in [0.1, 0.15) is 5.75 Å². The first-order valence-electron chi connectivity index (χ1n) is 9.84. The maximum absolute atomic E-state index is 12.8. The van der Waals surface area contributed by atoms with Gasteiger partial charge in [-0.25, -0.2) is 0 Å². The lowest BCUT2D eigenvalue weighted by molar-refractivity contribution is 0.102. The smallest absolute Gasteiger partial charge is 0.255 e. The van der Waals surface area contributed by atoms with Crippen molar-refractivity contribution in [3.8, 4) is 5.75 Å². The van der Waals surface area contributed by atoms with E-state index in [1.165, 1.54) is 11.1 Å². The normalized spacial score (nSPS) is 13.9. The first-order valence-corrected chi connectivity index (χ1v) is 9.84. The Kier molecular flexibility index (Phi) is 5.73. The maximum Gasteiger partial charge on any atom is 0.255 e. The van der Waals surface area contributed by atoms with Crippen molar-refractivity contribution in [3.63, 3.8) is 0 Å². The third-order valence-electron chi connectivity index (χ3n) is 4.95. The highest BCUT2D eigenvalue weighted by molar-refractivity contribution is 6.05. The van der Waals surface area contributed by atoms with E-state index in [4.69, 9.17) is 4.74 Å². The summed E-state index contributed by atoms with van der Waals surface area (Å²) in [6.07, 6.45) is 3.31. The van der Waals surface area contributed by atoms with Gasteiger partial charge in [0.25, 0.3) is 5.91 Å². The van der Waals surface area contributed by atoms with E-state index in [1.54, 1.807) is 0 Å². The van der Waals surface area contributed by atoms with E-state index in [0.717, 1.165) is 37.2 Å². The van der Waals surface area contributed by atoms with Gasteiger partial charge in [0, 0.05) is 23.9 Å². The molecule has 2 aromatic carbocycles. The molecule has 0 spiro atoms. The minimum Gasteiger partial charge on any atom is -0.492 e. The zero-order valence-electron chi connectivity index (χ0n) is 16.8. The molecule has 144 valence electrons. The fraction of sp³-hybridized carbons (Fsp3) is 0.435. The molecule has 1 heterocycles. The van der Waals surface area contributed by atoms with Gasteiger partial charge in [-0.1, -0.05) is 32.9 Å². The predicted molar refractivity (Wildman–Crippen MR) is 112 cm³/mol. The Bertz CT molecular complexity index is 804. The number of carbonyl (C=O) groups is 1. The molecule has 0 aliphatic carbocycles. The van der Waals surface area contributed by atoms with E-state index in [-0.39, 0.29) is 11.3 Å². The molecule has 0 bridgehead atoms. The lowest BCUT2D eigenvalue weighted by Gasteiger charge is -2.19. The molecule has 2 N–H and O–H groups in total. The quantitative estimate of drug-likeness (QED) is 0.763. The van der Waals surface area contributed by atoms with Crippen molar-refractivity contribution in [2.24, 2.45) is 0 Å². The van der Waals surface area contributed by atoms with Crippen LogP contribution in [0.25, 0.3) is 0 Å². The van der Waals surface area contributed by atoms with Crippen LogP contribution >= 0.6 is 0 Å². The summed E-state index contributed by atoms with van der Waals surface area (Å²) in [6, 6.07) is 11.9. The molecular weight excluding hydrogens is 336 g/mol. The van der Waals surface area contributed by atoms with E-state index in [0.29, 0.717) is 17.9 Å². The first-order chi connectivity index (χ1) is 12.9. The summed E-state index contributed by atoms with van der Waals surface area (Å²) < 4.78 is 5.79.